The monoisotopic (exact) mass is 1060 g/mol. The lowest BCUT2D eigenvalue weighted by Crippen LogP contribution is -2.70. The number of rotatable bonds is 21. The SMILES string of the molecule is C/C=N\OCC(=O)N1CCOC2(CN(CCCOc3cc(C(N)=O)cc4nc(NC)n(C/C=C/Cn5c(NC(=O)c6cc(C)nn6CC)nc6cc(C(N)=O)ccc65)c34)C2)C1.CC(C)C(C)C.CCn1nc(C)cc1C=O. The Morgan fingerprint density at radius 3 is 2.12 bits per heavy atom. The number of hydrogen-bond acceptors (Lipinski definition) is 15. The number of ether oxygens (including phenoxy) is 2. The molecule has 0 saturated carbocycles. The van der Waals surface area contributed by atoms with Crippen molar-refractivity contribution in [2.75, 3.05) is 70.2 Å². The Kier molecular flexibility index (Phi) is 20.2. The molecule has 4 amide bonds. The smallest absolute Gasteiger partial charge is 0.276 e. The standard InChI is InChI=1S/C41H51N13O7.C7H10N2O.C6H14/c1-5-45-61-22-34(55)51-15-17-60-41(25-51)23-50(24-41)12-9-16-59-33-21-28(37(43)57)20-30-35(33)53(39(44-4)47-30)14-8-7-13-52-31-11-10-27(36(42)56)19-29(31)46-40(52)48-38(58)32-18-26(3)49-54(32)6-2;1-3-9-7(5-10)4-6(2)8-9;1-5(2)6(3)4/h5,7-8,10-11,18-21H,6,9,12-17,22-25H2,1-4H3,(H2,42,56)(H2,43,57)(H,44,47)(H,46,48,58);4-5H,3H2,1-2H3;5-6H,1-4H3/b8-7+,45-5-;;. The predicted octanol–water partition coefficient (Wildman–Crippen LogP) is 5.69. The second kappa shape index (κ2) is 26.7. The number of aldehydes is 1. The van der Waals surface area contributed by atoms with Crippen LogP contribution in [0.3, 0.4) is 0 Å². The quantitative estimate of drug-likeness (QED) is 0.0222. The van der Waals surface area contributed by atoms with Crippen LogP contribution in [0.4, 0.5) is 11.9 Å². The average Bonchev–Trinajstić information content (AvgIpc) is 4.18. The third-order valence-electron chi connectivity index (χ3n) is 13.3. The number of morpholine rings is 1. The lowest BCUT2D eigenvalue weighted by atomic mass is 9.91. The molecule has 1 spiro atoms. The Labute approximate surface area is 448 Å². The van der Waals surface area contributed by atoms with Crippen LogP contribution in [0.2, 0.25) is 0 Å². The number of aryl methyl sites for hydroxylation is 4. The van der Waals surface area contributed by atoms with Gasteiger partial charge in [0.05, 0.1) is 47.7 Å². The zero-order valence-electron chi connectivity index (χ0n) is 46.0. The van der Waals surface area contributed by atoms with E-state index in [-0.39, 0.29) is 29.9 Å². The first-order chi connectivity index (χ1) is 36.8. The maximum absolute atomic E-state index is 13.5. The predicted molar refractivity (Wildman–Crippen MR) is 295 cm³/mol. The van der Waals surface area contributed by atoms with E-state index >= 15 is 0 Å². The molecule has 2 aromatic carbocycles. The number of carbonyl (C=O) groups excluding carboxylic acids is 5. The zero-order chi connectivity index (χ0) is 56.0. The van der Waals surface area contributed by atoms with Crippen molar-refractivity contribution in [3.8, 4) is 5.75 Å². The van der Waals surface area contributed by atoms with Crippen LogP contribution in [0, 0.1) is 25.7 Å². The molecule has 2 aliphatic heterocycles. The summed E-state index contributed by atoms with van der Waals surface area (Å²) >= 11 is 0. The number of allylic oxidation sites excluding steroid dienone is 2. The van der Waals surface area contributed by atoms with Crippen LogP contribution in [0.1, 0.15) is 108 Å². The molecule has 6 aromatic rings. The van der Waals surface area contributed by atoms with E-state index in [2.05, 4.69) is 63.6 Å². The number of amides is 4. The number of likely N-dealkylation sites (tertiary alicyclic amines) is 1. The second-order valence-corrected chi connectivity index (χ2v) is 19.6. The lowest BCUT2D eigenvalue weighted by Gasteiger charge is -2.53. The largest absolute Gasteiger partial charge is 0.491 e. The molecule has 0 atom stereocenters. The van der Waals surface area contributed by atoms with Crippen molar-refractivity contribution in [2.24, 2.45) is 28.5 Å². The molecule has 6 heterocycles. The van der Waals surface area contributed by atoms with Crippen LogP contribution in [0.15, 0.2) is 59.8 Å². The van der Waals surface area contributed by atoms with Crippen LogP contribution < -0.4 is 26.8 Å². The van der Waals surface area contributed by atoms with Gasteiger partial charge in [0.25, 0.3) is 11.8 Å². The van der Waals surface area contributed by atoms with Gasteiger partial charge in [-0.25, -0.2) is 9.97 Å². The summed E-state index contributed by atoms with van der Waals surface area (Å²) < 4.78 is 19.6. The number of anilines is 2. The molecular weight excluding hydrogens is 987 g/mol. The van der Waals surface area contributed by atoms with E-state index in [1.807, 2.05) is 49.0 Å². The Bertz CT molecular complexity index is 3080. The lowest BCUT2D eigenvalue weighted by molar-refractivity contribution is -0.190. The fraction of sp³-hybridized carbons (Fsp3) is 0.481. The molecule has 4 aromatic heterocycles. The molecule has 0 unspecified atom stereocenters. The summed E-state index contributed by atoms with van der Waals surface area (Å²) in [4.78, 5) is 79.2. The first-order valence-corrected chi connectivity index (χ1v) is 26.0. The van der Waals surface area contributed by atoms with Crippen molar-refractivity contribution in [1.29, 1.82) is 0 Å². The van der Waals surface area contributed by atoms with E-state index in [0.717, 1.165) is 36.9 Å². The van der Waals surface area contributed by atoms with Gasteiger partial charge in [0.15, 0.2) is 12.9 Å². The molecule has 2 saturated heterocycles. The van der Waals surface area contributed by atoms with Gasteiger partial charge in [-0.3, -0.25) is 43.6 Å². The number of nitrogens with zero attached hydrogens (tertiary/aromatic N) is 11. The second-order valence-electron chi connectivity index (χ2n) is 19.6. The van der Waals surface area contributed by atoms with Crippen LogP contribution in [0.25, 0.3) is 22.1 Å². The van der Waals surface area contributed by atoms with E-state index in [1.54, 1.807) is 70.7 Å². The van der Waals surface area contributed by atoms with Gasteiger partial charge in [0.2, 0.25) is 23.7 Å². The van der Waals surface area contributed by atoms with E-state index in [0.29, 0.717) is 122 Å². The summed E-state index contributed by atoms with van der Waals surface area (Å²) in [6, 6.07) is 11.7. The van der Waals surface area contributed by atoms with E-state index in [1.165, 1.54) is 6.21 Å². The first kappa shape index (κ1) is 58.3. The number of oxime groups is 1. The number of benzene rings is 2. The van der Waals surface area contributed by atoms with Crippen molar-refractivity contribution in [1.82, 2.24) is 48.5 Å². The third-order valence-corrected chi connectivity index (χ3v) is 13.3. The van der Waals surface area contributed by atoms with Crippen LogP contribution in [0.5, 0.6) is 5.75 Å². The summed E-state index contributed by atoms with van der Waals surface area (Å²) in [7, 11) is 1.76. The minimum Gasteiger partial charge on any atom is -0.491 e. The highest BCUT2D eigenvalue weighted by molar-refractivity contribution is 6.03. The van der Waals surface area contributed by atoms with E-state index in [9.17, 15) is 24.0 Å². The van der Waals surface area contributed by atoms with Gasteiger partial charge in [0, 0.05) is 76.7 Å². The Hall–Kier alpha value is -7.92. The number of nitrogens with one attached hydrogen (secondary N) is 2. The Morgan fingerprint density at radius 2 is 1.49 bits per heavy atom. The molecule has 0 radical (unpaired) electrons. The number of carbonyl (C=O) groups is 5. The van der Waals surface area contributed by atoms with Crippen LogP contribution in [-0.4, -0.2) is 150 Å². The maximum Gasteiger partial charge on any atom is 0.276 e. The molecule has 6 N–H and O–H groups in total. The molecule has 0 aliphatic carbocycles. The Balaban J connectivity index is 0.000000516. The van der Waals surface area contributed by atoms with Crippen molar-refractivity contribution < 1.29 is 38.3 Å². The molecule has 2 fully saturated rings. The van der Waals surface area contributed by atoms with Gasteiger partial charge in [-0.15, -0.1) is 0 Å². The summed E-state index contributed by atoms with van der Waals surface area (Å²) in [6.07, 6.45) is 6.89. The van der Waals surface area contributed by atoms with Crippen LogP contribution in [-0.2, 0) is 40.5 Å². The topological polar surface area (TPSA) is 279 Å². The Morgan fingerprint density at radius 1 is 0.844 bits per heavy atom. The minimum absolute atomic E-state index is 0.101. The molecule has 77 heavy (non-hydrogen) atoms. The number of fused-ring (bicyclic) bond motifs is 2. The molecular formula is C54H75N15O8. The number of imidazole rings is 2. The molecule has 23 nitrogen and oxygen atoms in total. The normalized spacial score (nSPS) is 14.2. The number of nitrogens with two attached hydrogens (primary N) is 2. The number of primary amides is 2. The highest BCUT2D eigenvalue weighted by Gasteiger charge is 2.47. The highest BCUT2D eigenvalue weighted by Crippen LogP contribution is 2.33. The summed E-state index contributed by atoms with van der Waals surface area (Å²) in [5, 5.41) is 18.2. The van der Waals surface area contributed by atoms with E-state index < -0.39 is 17.4 Å². The first-order valence-electron chi connectivity index (χ1n) is 26.0. The number of hydrogen-bond donors (Lipinski definition) is 4. The van der Waals surface area contributed by atoms with Crippen molar-refractivity contribution in [2.45, 2.75) is 101 Å². The summed E-state index contributed by atoms with van der Waals surface area (Å²) in [5.41, 5.74) is 16.5. The average molecular weight is 1060 g/mol. The summed E-state index contributed by atoms with van der Waals surface area (Å²) in [5.74, 6) is 1.32. The molecule has 23 heteroatoms. The van der Waals surface area contributed by atoms with Gasteiger partial charge in [0.1, 0.15) is 28.3 Å². The summed E-state index contributed by atoms with van der Waals surface area (Å²) in [6.45, 7) is 24.1. The molecule has 8 rings (SSSR count). The number of aromatic nitrogens is 8. The van der Waals surface area contributed by atoms with Crippen molar-refractivity contribution >= 4 is 70.1 Å². The zero-order valence-corrected chi connectivity index (χ0v) is 46.0. The van der Waals surface area contributed by atoms with Crippen LogP contribution >= 0.6 is 0 Å². The maximum atomic E-state index is 13.5. The minimum atomic E-state index is -0.601. The van der Waals surface area contributed by atoms with Crippen molar-refractivity contribution in [3.05, 3.63) is 88.5 Å². The van der Waals surface area contributed by atoms with Gasteiger partial charge in [-0.2, -0.15) is 10.2 Å². The third kappa shape index (κ3) is 14.7. The van der Waals surface area contributed by atoms with E-state index in [4.69, 9.17) is 30.8 Å². The van der Waals surface area contributed by atoms with Gasteiger partial charge in [-0.1, -0.05) is 45.0 Å². The van der Waals surface area contributed by atoms with Gasteiger partial charge in [-0.05, 0) is 95.3 Å². The molecule has 0 bridgehead atoms. The fourth-order valence-electron chi connectivity index (χ4n) is 8.73. The van der Waals surface area contributed by atoms with Crippen molar-refractivity contribution in [3.63, 3.8) is 0 Å². The van der Waals surface area contributed by atoms with Gasteiger partial charge >= 0.3 is 0 Å². The molecule has 414 valence electrons. The molecule has 2 aliphatic rings. The highest BCUT2D eigenvalue weighted by atomic mass is 16.6. The van der Waals surface area contributed by atoms with Gasteiger partial charge < -0.3 is 45.1 Å². The fourth-order valence-corrected chi connectivity index (χ4v) is 8.73.